The number of likely N-dealkylation sites (N-methyl/N-ethyl adjacent to an activating group) is 1. The van der Waals surface area contributed by atoms with Crippen LogP contribution in [0.1, 0.15) is 26.2 Å². The topological polar surface area (TPSA) is 55.8 Å². The number of hydrogen-bond donors (Lipinski definition) is 2. The monoisotopic (exact) mass is 305 g/mol. The summed E-state index contributed by atoms with van der Waals surface area (Å²) < 4.78 is 27.9. The second kappa shape index (κ2) is 6.14. The summed E-state index contributed by atoms with van der Waals surface area (Å²) in [6.07, 6.45) is 0.511. The van der Waals surface area contributed by atoms with Crippen LogP contribution in [-0.2, 0) is 4.79 Å². The van der Waals surface area contributed by atoms with E-state index in [0.717, 1.165) is 26.2 Å². The minimum atomic E-state index is -3.71. The first-order valence-corrected chi connectivity index (χ1v) is 7.57. The Bertz CT molecular complexity index is 380. The molecule has 122 valence electrons. The zero-order valence-electron chi connectivity index (χ0n) is 12.7. The first kappa shape index (κ1) is 16.6. The maximum atomic E-state index is 14.0. The van der Waals surface area contributed by atoms with E-state index in [1.807, 2.05) is 7.05 Å². The molecule has 1 heterocycles. The van der Waals surface area contributed by atoms with Crippen LogP contribution >= 0.6 is 0 Å². The molecule has 1 saturated heterocycles. The Morgan fingerprint density at radius 2 is 1.90 bits per heavy atom. The van der Waals surface area contributed by atoms with Crippen LogP contribution in [0.15, 0.2) is 0 Å². The molecular formula is C14H25F2N3O2. The van der Waals surface area contributed by atoms with E-state index in [1.165, 1.54) is 0 Å². The quantitative estimate of drug-likeness (QED) is 0.766. The van der Waals surface area contributed by atoms with Crippen molar-refractivity contribution in [2.75, 3.05) is 39.8 Å². The molecule has 7 heteroatoms. The van der Waals surface area contributed by atoms with Crippen LogP contribution in [0.5, 0.6) is 0 Å². The van der Waals surface area contributed by atoms with E-state index in [9.17, 15) is 18.7 Å². The highest BCUT2D eigenvalue weighted by atomic mass is 19.3. The van der Waals surface area contributed by atoms with Gasteiger partial charge in [0.2, 0.25) is 0 Å². The Kier molecular flexibility index (Phi) is 4.85. The third-order valence-corrected chi connectivity index (χ3v) is 4.56. The van der Waals surface area contributed by atoms with Crippen molar-refractivity contribution in [2.45, 2.75) is 43.8 Å². The molecule has 1 aliphatic heterocycles. The highest BCUT2D eigenvalue weighted by molar-refractivity contribution is 5.85. The first-order chi connectivity index (χ1) is 9.74. The number of nitrogens with one attached hydrogen (secondary N) is 1. The van der Waals surface area contributed by atoms with Gasteiger partial charge in [-0.05, 0) is 33.2 Å². The van der Waals surface area contributed by atoms with Crippen LogP contribution < -0.4 is 5.32 Å². The summed E-state index contributed by atoms with van der Waals surface area (Å²) in [7, 11) is 2.04. The fourth-order valence-electron chi connectivity index (χ4n) is 2.81. The fourth-order valence-corrected chi connectivity index (χ4v) is 2.81. The summed E-state index contributed by atoms with van der Waals surface area (Å²) in [5.74, 6) is -5.06. The minimum Gasteiger partial charge on any atom is -0.383 e. The van der Waals surface area contributed by atoms with Crippen molar-refractivity contribution >= 4 is 5.91 Å². The number of nitrogens with zero attached hydrogens (tertiary/aromatic N) is 2. The Morgan fingerprint density at radius 1 is 1.33 bits per heavy atom. The molecule has 2 fully saturated rings. The van der Waals surface area contributed by atoms with E-state index in [-0.39, 0.29) is 18.9 Å². The Hall–Kier alpha value is -0.790. The summed E-state index contributed by atoms with van der Waals surface area (Å²) in [5.41, 5.74) is -2.15. The van der Waals surface area contributed by atoms with Gasteiger partial charge in [0.25, 0.3) is 5.91 Å². The van der Waals surface area contributed by atoms with Crippen molar-refractivity contribution in [3.63, 3.8) is 0 Å². The predicted molar refractivity (Wildman–Crippen MR) is 75.3 cm³/mol. The normalized spacial score (nSPS) is 25.2. The number of carbonyl (C=O) groups excluding carboxylic acids is 1. The van der Waals surface area contributed by atoms with E-state index in [1.54, 1.807) is 6.92 Å². The zero-order valence-corrected chi connectivity index (χ0v) is 12.7. The predicted octanol–water partition coefficient (Wildman–Crippen LogP) is 0.289. The molecule has 0 radical (unpaired) electrons. The summed E-state index contributed by atoms with van der Waals surface area (Å²) >= 11 is 0. The smallest absolute Gasteiger partial charge is 0.352 e. The third kappa shape index (κ3) is 3.52. The van der Waals surface area contributed by atoms with E-state index in [2.05, 4.69) is 15.1 Å². The lowest BCUT2D eigenvalue weighted by atomic mass is 9.75. The van der Waals surface area contributed by atoms with Gasteiger partial charge in [0.15, 0.2) is 0 Å². The molecular weight excluding hydrogens is 280 g/mol. The number of aliphatic hydroxyl groups is 1. The molecule has 0 aromatic rings. The summed E-state index contributed by atoms with van der Waals surface area (Å²) in [6.45, 7) is 5.90. The van der Waals surface area contributed by atoms with Crippen LogP contribution in [-0.4, -0.2) is 78.2 Å². The second-order valence-corrected chi connectivity index (χ2v) is 6.44. The molecule has 1 aliphatic carbocycles. The van der Waals surface area contributed by atoms with Gasteiger partial charge < -0.3 is 15.3 Å². The molecule has 1 atom stereocenters. The lowest BCUT2D eigenvalue weighted by molar-refractivity contribution is -0.216. The van der Waals surface area contributed by atoms with Crippen molar-refractivity contribution in [2.24, 2.45) is 0 Å². The maximum Gasteiger partial charge on any atom is 0.352 e. The largest absolute Gasteiger partial charge is 0.383 e. The van der Waals surface area contributed by atoms with Gasteiger partial charge in [-0.2, -0.15) is 8.78 Å². The van der Waals surface area contributed by atoms with Gasteiger partial charge in [0.05, 0.1) is 0 Å². The molecule has 1 amide bonds. The van der Waals surface area contributed by atoms with E-state index < -0.39 is 17.4 Å². The van der Waals surface area contributed by atoms with Gasteiger partial charge in [-0.15, -0.1) is 0 Å². The molecule has 2 aliphatic rings. The summed E-state index contributed by atoms with van der Waals surface area (Å²) in [5, 5.41) is 12.1. The number of alkyl halides is 2. The second-order valence-electron chi connectivity index (χ2n) is 6.44. The summed E-state index contributed by atoms with van der Waals surface area (Å²) in [4.78, 5) is 16.1. The number of amides is 1. The van der Waals surface area contributed by atoms with E-state index in [0.29, 0.717) is 13.0 Å². The molecule has 1 saturated carbocycles. The number of hydrogen-bond acceptors (Lipinski definition) is 4. The van der Waals surface area contributed by atoms with Crippen LogP contribution in [0.3, 0.4) is 0 Å². The van der Waals surface area contributed by atoms with Crippen molar-refractivity contribution in [3.05, 3.63) is 0 Å². The lowest BCUT2D eigenvalue weighted by Crippen LogP contribution is -2.62. The summed E-state index contributed by atoms with van der Waals surface area (Å²) in [6, 6.07) is -0.365. The molecule has 0 spiro atoms. The van der Waals surface area contributed by atoms with Gasteiger partial charge in [-0.25, -0.2) is 0 Å². The number of rotatable bonds is 5. The lowest BCUT2D eigenvalue weighted by Gasteiger charge is -2.42. The van der Waals surface area contributed by atoms with Gasteiger partial charge in [-0.1, -0.05) is 0 Å². The van der Waals surface area contributed by atoms with Crippen LogP contribution in [0.2, 0.25) is 0 Å². The van der Waals surface area contributed by atoms with Crippen LogP contribution in [0, 0.1) is 0 Å². The highest BCUT2D eigenvalue weighted by Gasteiger charge is 2.61. The average Bonchev–Trinajstić information content (AvgIpc) is 2.38. The molecule has 21 heavy (non-hydrogen) atoms. The highest BCUT2D eigenvalue weighted by Crippen LogP contribution is 2.44. The van der Waals surface area contributed by atoms with Gasteiger partial charge in [-0.3, -0.25) is 9.69 Å². The number of carbonyl (C=O) groups is 1. The number of halogens is 2. The fraction of sp³-hybridized carbons (Fsp3) is 0.929. The van der Waals surface area contributed by atoms with Crippen molar-refractivity contribution < 1.29 is 18.7 Å². The molecule has 2 N–H and O–H groups in total. The Balaban J connectivity index is 1.81. The Morgan fingerprint density at radius 3 is 2.38 bits per heavy atom. The number of piperazine rings is 1. The van der Waals surface area contributed by atoms with Gasteiger partial charge in [0.1, 0.15) is 5.60 Å². The van der Waals surface area contributed by atoms with Crippen LogP contribution in [0.25, 0.3) is 0 Å². The SMILES string of the molecule is CC(CN1CCN(C)CC1)NC(=O)C(F)(F)C1(O)CCC1. The van der Waals surface area contributed by atoms with Gasteiger partial charge >= 0.3 is 5.92 Å². The van der Waals surface area contributed by atoms with Crippen molar-refractivity contribution in [3.8, 4) is 0 Å². The van der Waals surface area contributed by atoms with Crippen molar-refractivity contribution in [1.82, 2.24) is 15.1 Å². The Labute approximate surface area is 124 Å². The molecule has 0 bridgehead atoms. The molecule has 0 aromatic heterocycles. The first-order valence-electron chi connectivity index (χ1n) is 7.57. The van der Waals surface area contributed by atoms with Gasteiger partial charge in [0, 0.05) is 38.8 Å². The standard InChI is InChI=1S/C14H25F2N3O2/c1-11(10-19-8-6-18(2)7-9-19)17-12(20)14(15,16)13(21)4-3-5-13/h11,21H,3-10H2,1-2H3,(H,17,20). The molecule has 1 unspecified atom stereocenters. The molecule has 5 nitrogen and oxygen atoms in total. The van der Waals surface area contributed by atoms with E-state index >= 15 is 0 Å². The van der Waals surface area contributed by atoms with Crippen LogP contribution in [0.4, 0.5) is 8.78 Å². The third-order valence-electron chi connectivity index (χ3n) is 4.56. The van der Waals surface area contributed by atoms with E-state index in [4.69, 9.17) is 0 Å². The average molecular weight is 305 g/mol. The maximum absolute atomic E-state index is 14.0. The zero-order chi connectivity index (χ0) is 15.7. The molecule has 2 rings (SSSR count). The minimum absolute atomic E-state index is 0.0136. The van der Waals surface area contributed by atoms with Crippen molar-refractivity contribution in [1.29, 1.82) is 0 Å². The molecule has 0 aromatic carbocycles.